The number of nitrogens with one attached hydrogen (secondary N) is 1. The van der Waals surface area contributed by atoms with Gasteiger partial charge >= 0.3 is 0 Å². The maximum Gasteiger partial charge on any atom is 0.211 e. The predicted molar refractivity (Wildman–Crippen MR) is 95.7 cm³/mol. The number of hydrogen-bond donors (Lipinski definition) is 1. The van der Waals surface area contributed by atoms with E-state index in [9.17, 15) is 8.42 Å². The van der Waals surface area contributed by atoms with Gasteiger partial charge in [0.15, 0.2) is 0 Å². The molecule has 0 radical (unpaired) electrons. The zero-order chi connectivity index (χ0) is 17.2. The number of hydrogen-bond acceptors (Lipinski definition) is 4. The zero-order valence-corrected chi connectivity index (χ0v) is 14.8. The Labute approximate surface area is 143 Å². The van der Waals surface area contributed by atoms with Gasteiger partial charge in [-0.1, -0.05) is 24.3 Å². The van der Waals surface area contributed by atoms with Crippen LogP contribution in [0, 0.1) is 0 Å². The van der Waals surface area contributed by atoms with Crippen molar-refractivity contribution in [3.05, 3.63) is 59.2 Å². The third-order valence-corrected chi connectivity index (χ3v) is 5.57. The van der Waals surface area contributed by atoms with Gasteiger partial charge in [0.25, 0.3) is 0 Å². The molecule has 0 saturated heterocycles. The molecule has 1 aliphatic rings. The van der Waals surface area contributed by atoms with E-state index in [-0.39, 0.29) is 0 Å². The van der Waals surface area contributed by atoms with Crippen molar-refractivity contribution >= 4 is 15.7 Å². The van der Waals surface area contributed by atoms with Crippen LogP contribution in [0.15, 0.2) is 42.5 Å². The van der Waals surface area contributed by atoms with Crippen LogP contribution in [0.2, 0.25) is 0 Å². The Morgan fingerprint density at radius 2 is 2.00 bits per heavy atom. The summed E-state index contributed by atoms with van der Waals surface area (Å²) < 4.78 is 30.3. The van der Waals surface area contributed by atoms with E-state index in [2.05, 4.69) is 17.4 Å². The molecule has 0 aromatic heterocycles. The van der Waals surface area contributed by atoms with Gasteiger partial charge in [-0.25, -0.2) is 8.42 Å². The molecule has 3 rings (SSSR count). The Morgan fingerprint density at radius 3 is 2.75 bits per heavy atom. The molecule has 2 aromatic rings. The van der Waals surface area contributed by atoms with E-state index in [0.29, 0.717) is 19.6 Å². The first-order chi connectivity index (χ1) is 11.5. The fourth-order valence-electron chi connectivity index (χ4n) is 3.01. The largest absolute Gasteiger partial charge is 0.497 e. The minimum Gasteiger partial charge on any atom is -0.497 e. The van der Waals surface area contributed by atoms with Gasteiger partial charge in [-0.2, -0.15) is 4.31 Å². The molecule has 5 nitrogen and oxygen atoms in total. The molecule has 1 aliphatic heterocycles. The summed E-state index contributed by atoms with van der Waals surface area (Å²) in [6.45, 7) is 1.68. The molecule has 0 saturated carbocycles. The van der Waals surface area contributed by atoms with Gasteiger partial charge in [0.05, 0.1) is 13.4 Å². The number of rotatable bonds is 5. The van der Waals surface area contributed by atoms with Crippen molar-refractivity contribution < 1.29 is 13.2 Å². The Bertz CT molecular complexity index is 834. The molecule has 0 atom stereocenters. The van der Waals surface area contributed by atoms with Crippen molar-refractivity contribution in [1.82, 2.24) is 4.31 Å². The van der Waals surface area contributed by atoms with Crippen LogP contribution < -0.4 is 10.1 Å². The number of nitrogens with zero attached hydrogens (tertiary/aromatic N) is 1. The Balaban J connectivity index is 1.76. The fourth-order valence-corrected chi connectivity index (χ4v) is 3.81. The summed E-state index contributed by atoms with van der Waals surface area (Å²) in [5.41, 5.74) is 4.49. The third-order valence-electron chi connectivity index (χ3n) is 4.32. The number of sulfonamides is 1. The van der Waals surface area contributed by atoms with Crippen molar-refractivity contribution in [2.45, 2.75) is 19.5 Å². The van der Waals surface area contributed by atoms with Gasteiger partial charge in [-0.3, -0.25) is 0 Å². The lowest BCUT2D eigenvalue weighted by molar-refractivity contribution is 0.395. The van der Waals surface area contributed by atoms with Crippen molar-refractivity contribution in [3.63, 3.8) is 0 Å². The van der Waals surface area contributed by atoms with E-state index < -0.39 is 10.0 Å². The van der Waals surface area contributed by atoms with Crippen LogP contribution in [0.5, 0.6) is 5.75 Å². The summed E-state index contributed by atoms with van der Waals surface area (Å²) >= 11 is 0. The summed E-state index contributed by atoms with van der Waals surface area (Å²) in [5.74, 6) is 0.841. The summed E-state index contributed by atoms with van der Waals surface area (Å²) in [6, 6.07) is 14.0. The van der Waals surface area contributed by atoms with Crippen LogP contribution in [0.1, 0.15) is 16.7 Å². The molecule has 0 bridgehead atoms. The zero-order valence-electron chi connectivity index (χ0n) is 14.0. The van der Waals surface area contributed by atoms with Crippen LogP contribution in [0.3, 0.4) is 0 Å². The average Bonchev–Trinajstić information content (AvgIpc) is 2.58. The Kier molecular flexibility index (Phi) is 4.78. The summed E-state index contributed by atoms with van der Waals surface area (Å²) in [6.07, 6.45) is 1.99. The molecule has 128 valence electrons. The van der Waals surface area contributed by atoms with Crippen molar-refractivity contribution in [2.75, 3.05) is 25.2 Å². The normalized spacial score (nSPS) is 14.9. The quantitative estimate of drug-likeness (QED) is 0.904. The highest BCUT2D eigenvalue weighted by Crippen LogP contribution is 2.27. The highest BCUT2D eigenvalue weighted by Gasteiger charge is 2.24. The number of ether oxygens (including phenoxy) is 1. The van der Waals surface area contributed by atoms with E-state index in [0.717, 1.165) is 29.0 Å². The predicted octanol–water partition coefficient (Wildman–Crippen LogP) is 2.63. The van der Waals surface area contributed by atoms with E-state index in [1.54, 1.807) is 7.11 Å². The number of fused-ring (bicyclic) bond motifs is 1. The molecule has 0 amide bonds. The lowest BCUT2D eigenvalue weighted by Crippen LogP contribution is -2.35. The third kappa shape index (κ3) is 3.71. The lowest BCUT2D eigenvalue weighted by atomic mass is 9.99. The topological polar surface area (TPSA) is 58.6 Å². The van der Waals surface area contributed by atoms with Crippen LogP contribution in [-0.4, -0.2) is 32.6 Å². The maximum atomic E-state index is 11.8. The van der Waals surface area contributed by atoms with Crippen LogP contribution in [0.25, 0.3) is 0 Å². The minimum atomic E-state index is -3.15. The second-order valence-corrected chi connectivity index (χ2v) is 7.98. The van der Waals surface area contributed by atoms with Crippen molar-refractivity contribution in [1.29, 1.82) is 0 Å². The maximum absolute atomic E-state index is 11.8. The number of anilines is 1. The van der Waals surface area contributed by atoms with E-state index in [1.807, 2.05) is 30.3 Å². The molecule has 0 aliphatic carbocycles. The highest BCUT2D eigenvalue weighted by molar-refractivity contribution is 7.88. The van der Waals surface area contributed by atoms with Crippen molar-refractivity contribution in [3.8, 4) is 5.75 Å². The molecule has 0 fully saturated rings. The van der Waals surface area contributed by atoms with Crippen molar-refractivity contribution in [2.24, 2.45) is 0 Å². The van der Waals surface area contributed by atoms with E-state index in [4.69, 9.17) is 4.74 Å². The number of benzene rings is 2. The molecule has 1 N–H and O–H groups in total. The molecule has 2 aromatic carbocycles. The number of methoxy groups -OCH3 is 1. The molecule has 6 heteroatoms. The molecule has 0 unspecified atom stereocenters. The summed E-state index contributed by atoms with van der Waals surface area (Å²) in [4.78, 5) is 0. The van der Waals surface area contributed by atoms with Crippen LogP contribution in [0.4, 0.5) is 5.69 Å². The monoisotopic (exact) mass is 346 g/mol. The second kappa shape index (κ2) is 6.83. The Hall–Kier alpha value is -2.05. The molecule has 24 heavy (non-hydrogen) atoms. The van der Waals surface area contributed by atoms with Gasteiger partial charge in [-0.05, 0) is 41.3 Å². The second-order valence-electron chi connectivity index (χ2n) is 5.99. The van der Waals surface area contributed by atoms with Gasteiger partial charge in [-0.15, -0.1) is 0 Å². The first-order valence-electron chi connectivity index (χ1n) is 7.90. The molecule has 1 heterocycles. The fraction of sp³-hybridized carbons (Fsp3) is 0.333. The van der Waals surface area contributed by atoms with Gasteiger partial charge in [0.1, 0.15) is 5.75 Å². The van der Waals surface area contributed by atoms with Gasteiger partial charge in [0, 0.05) is 25.3 Å². The SMILES string of the molecule is COc1cccc(CNc2cccc3c2CCN(S(C)(=O)=O)C3)c1. The highest BCUT2D eigenvalue weighted by atomic mass is 32.2. The molecular formula is C18H22N2O3S. The van der Waals surface area contributed by atoms with Gasteiger partial charge < -0.3 is 10.1 Å². The lowest BCUT2D eigenvalue weighted by Gasteiger charge is -2.28. The molecule has 0 spiro atoms. The Morgan fingerprint density at radius 1 is 1.21 bits per heavy atom. The van der Waals surface area contributed by atoms with E-state index in [1.165, 1.54) is 16.1 Å². The van der Waals surface area contributed by atoms with Gasteiger partial charge in [0.2, 0.25) is 10.0 Å². The van der Waals surface area contributed by atoms with E-state index >= 15 is 0 Å². The standard InChI is InChI=1S/C18H22N2O3S/c1-23-16-7-3-5-14(11-16)12-19-18-8-4-6-15-13-20(24(2,21)22)10-9-17(15)18/h3-8,11,19H,9-10,12-13H2,1-2H3. The first kappa shape index (κ1) is 16.8. The molecular weight excluding hydrogens is 324 g/mol. The minimum absolute atomic E-state index is 0.447. The van der Waals surface area contributed by atoms with Crippen LogP contribution >= 0.6 is 0 Å². The summed E-state index contributed by atoms with van der Waals surface area (Å²) in [7, 11) is -1.49. The summed E-state index contributed by atoms with van der Waals surface area (Å²) in [5, 5.41) is 3.47. The van der Waals surface area contributed by atoms with Crippen LogP contribution in [-0.2, 0) is 29.5 Å². The average molecular weight is 346 g/mol. The smallest absolute Gasteiger partial charge is 0.211 e. The first-order valence-corrected chi connectivity index (χ1v) is 9.75.